The Morgan fingerprint density at radius 3 is 2.87 bits per heavy atom. The van der Waals surface area contributed by atoms with E-state index in [0.29, 0.717) is 12.6 Å². The topological polar surface area (TPSA) is 12.0 Å². The van der Waals surface area contributed by atoms with Crippen molar-refractivity contribution in [3.05, 3.63) is 46.7 Å². The van der Waals surface area contributed by atoms with Crippen LogP contribution in [0.25, 0.3) is 0 Å². The van der Waals surface area contributed by atoms with Crippen LogP contribution >= 0.6 is 15.9 Å². The molecule has 1 N–H and O–H groups in total. The Bertz CT molecular complexity index is 318. The average Bonchev–Trinajstić information content (AvgIpc) is 2.14. The molecule has 1 rings (SSSR count). The van der Waals surface area contributed by atoms with Crippen molar-refractivity contribution in [1.82, 2.24) is 5.32 Å². The molecule has 1 aromatic carbocycles. The second-order valence-electron chi connectivity index (χ2n) is 3.58. The van der Waals surface area contributed by atoms with Crippen LogP contribution in [0.5, 0.6) is 0 Å². The van der Waals surface area contributed by atoms with Gasteiger partial charge in [-0.15, -0.1) is 6.58 Å². The molecule has 0 fully saturated rings. The Morgan fingerprint density at radius 1 is 1.53 bits per heavy atom. The fraction of sp³-hybridized carbons (Fsp3) is 0.333. The SMILES string of the molecule is C=CCC(C)NCc1cc(F)cc(Br)c1. The summed E-state index contributed by atoms with van der Waals surface area (Å²) in [6.07, 6.45) is 2.79. The van der Waals surface area contributed by atoms with Gasteiger partial charge in [0.05, 0.1) is 0 Å². The molecule has 1 nitrogen and oxygen atoms in total. The molecule has 1 unspecified atom stereocenters. The van der Waals surface area contributed by atoms with E-state index in [-0.39, 0.29) is 5.82 Å². The maximum Gasteiger partial charge on any atom is 0.124 e. The molecular weight excluding hydrogens is 257 g/mol. The second-order valence-corrected chi connectivity index (χ2v) is 4.50. The molecule has 82 valence electrons. The number of benzene rings is 1. The standard InChI is InChI=1S/C12H15BrFN/c1-3-4-9(2)15-8-10-5-11(13)7-12(14)6-10/h3,5-7,9,15H,1,4,8H2,2H3. The van der Waals surface area contributed by atoms with Crippen LogP contribution in [0.4, 0.5) is 4.39 Å². The zero-order valence-corrected chi connectivity index (χ0v) is 10.3. The molecule has 0 aliphatic heterocycles. The van der Waals surface area contributed by atoms with Gasteiger partial charge in [-0.05, 0) is 37.1 Å². The van der Waals surface area contributed by atoms with Crippen LogP contribution in [0, 0.1) is 5.82 Å². The lowest BCUT2D eigenvalue weighted by Crippen LogP contribution is -2.24. The molecule has 0 aromatic heterocycles. The van der Waals surface area contributed by atoms with E-state index in [1.807, 2.05) is 12.1 Å². The highest BCUT2D eigenvalue weighted by atomic mass is 79.9. The van der Waals surface area contributed by atoms with Crippen molar-refractivity contribution in [1.29, 1.82) is 0 Å². The molecule has 1 aromatic rings. The third-order valence-electron chi connectivity index (χ3n) is 2.10. The number of rotatable bonds is 5. The fourth-order valence-electron chi connectivity index (χ4n) is 1.34. The van der Waals surface area contributed by atoms with Gasteiger partial charge < -0.3 is 5.32 Å². The van der Waals surface area contributed by atoms with Crippen molar-refractivity contribution in [2.75, 3.05) is 0 Å². The summed E-state index contributed by atoms with van der Waals surface area (Å²) in [5.41, 5.74) is 0.942. The first kappa shape index (κ1) is 12.4. The molecule has 0 heterocycles. The summed E-state index contributed by atoms with van der Waals surface area (Å²) in [5, 5.41) is 3.30. The van der Waals surface area contributed by atoms with Crippen LogP contribution < -0.4 is 5.32 Å². The van der Waals surface area contributed by atoms with Crippen molar-refractivity contribution in [3.8, 4) is 0 Å². The van der Waals surface area contributed by atoms with Crippen LogP contribution in [0.15, 0.2) is 35.3 Å². The lowest BCUT2D eigenvalue weighted by Gasteiger charge is -2.11. The molecule has 15 heavy (non-hydrogen) atoms. The van der Waals surface area contributed by atoms with Gasteiger partial charge >= 0.3 is 0 Å². The van der Waals surface area contributed by atoms with Crippen LogP contribution in [-0.4, -0.2) is 6.04 Å². The van der Waals surface area contributed by atoms with Crippen LogP contribution in [0.3, 0.4) is 0 Å². The zero-order valence-electron chi connectivity index (χ0n) is 8.76. The summed E-state index contributed by atoms with van der Waals surface area (Å²) in [4.78, 5) is 0. The lowest BCUT2D eigenvalue weighted by molar-refractivity contribution is 0.550. The highest BCUT2D eigenvalue weighted by molar-refractivity contribution is 9.10. The number of halogens is 2. The molecule has 0 radical (unpaired) electrons. The van der Waals surface area contributed by atoms with Crippen molar-refractivity contribution in [3.63, 3.8) is 0 Å². The number of nitrogens with one attached hydrogen (secondary N) is 1. The van der Waals surface area contributed by atoms with Gasteiger partial charge in [-0.3, -0.25) is 0 Å². The monoisotopic (exact) mass is 271 g/mol. The van der Waals surface area contributed by atoms with E-state index in [4.69, 9.17) is 0 Å². The molecule has 0 aliphatic carbocycles. The molecule has 0 amide bonds. The number of hydrogen-bond acceptors (Lipinski definition) is 1. The van der Waals surface area contributed by atoms with E-state index in [1.54, 1.807) is 6.07 Å². The first-order chi connectivity index (χ1) is 7.11. The van der Waals surface area contributed by atoms with E-state index in [1.165, 1.54) is 6.07 Å². The Balaban J connectivity index is 2.53. The predicted molar refractivity (Wildman–Crippen MR) is 65.2 cm³/mol. The Labute approximate surface area is 98.5 Å². The van der Waals surface area contributed by atoms with Gasteiger partial charge in [-0.2, -0.15) is 0 Å². The summed E-state index contributed by atoms with van der Waals surface area (Å²) in [7, 11) is 0. The van der Waals surface area contributed by atoms with E-state index in [2.05, 4.69) is 34.7 Å². The van der Waals surface area contributed by atoms with Gasteiger partial charge in [0, 0.05) is 17.1 Å². The largest absolute Gasteiger partial charge is 0.310 e. The summed E-state index contributed by atoms with van der Waals surface area (Å²) in [6.45, 7) is 6.43. The smallest absolute Gasteiger partial charge is 0.124 e. The van der Waals surface area contributed by atoms with Crippen molar-refractivity contribution in [2.24, 2.45) is 0 Å². The highest BCUT2D eigenvalue weighted by Gasteiger charge is 2.01. The highest BCUT2D eigenvalue weighted by Crippen LogP contribution is 2.14. The lowest BCUT2D eigenvalue weighted by atomic mass is 10.2. The molecule has 0 saturated heterocycles. The van der Waals surface area contributed by atoms with E-state index < -0.39 is 0 Å². The van der Waals surface area contributed by atoms with Gasteiger partial charge in [-0.1, -0.05) is 22.0 Å². The third-order valence-corrected chi connectivity index (χ3v) is 2.56. The van der Waals surface area contributed by atoms with E-state index in [0.717, 1.165) is 16.5 Å². The Kier molecular flexibility index (Phi) is 4.99. The maximum absolute atomic E-state index is 13.0. The second kappa shape index (κ2) is 6.03. The Morgan fingerprint density at radius 2 is 2.27 bits per heavy atom. The molecular formula is C12H15BrFN. The summed E-state index contributed by atoms with van der Waals surface area (Å²) in [6, 6.07) is 5.27. The maximum atomic E-state index is 13.0. The van der Waals surface area contributed by atoms with Crippen LogP contribution in [0.1, 0.15) is 18.9 Å². The van der Waals surface area contributed by atoms with Crippen molar-refractivity contribution >= 4 is 15.9 Å². The Hall–Kier alpha value is -0.670. The first-order valence-electron chi connectivity index (χ1n) is 4.91. The first-order valence-corrected chi connectivity index (χ1v) is 5.70. The minimum absolute atomic E-state index is 0.211. The molecule has 0 aliphatic rings. The molecule has 3 heteroatoms. The van der Waals surface area contributed by atoms with Gasteiger partial charge in [0.1, 0.15) is 5.82 Å². The molecule has 0 spiro atoms. The zero-order chi connectivity index (χ0) is 11.3. The van der Waals surface area contributed by atoms with Gasteiger partial charge in [-0.25, -0.2) is 4.39 Å². The van der Waals surface area contributed by atoms with Gasteiger partial charge in [0.25, 0.3) is 0 Å². The van der Waals surface area contributed by atoms with E-state index in [9.17, 15) is 4.39 Å². The van der Waals surface area contributed by atoms with E-state index >= 15 is 0 Å². The average molecular weight is 272 g/mol. The van der Waals surface area contributed by atoms with Crippen molar-refractivity contribution < 1.29 is 4.39 Å². The molecule has 0 bridgehead atoms. The predicted octanol–water partition coefficient (Wildman–Crippen LogP) is 3.64. The minimum atomic E-state index is -0.211. The minimum Gasteiger partial charge on any atom is -0.310 e. The quantitative estimate of drug-likeness (QED) is 0.807. The van der Waals surface area contributed by atoms with Gasteiger partial charge in [0.15, 0.2) is 0 Å². The van der Waals surface area contributed by atoms with Crippen LogP contribution in [0.2, 0.25) is 0 Å². The normalized spacial score (nSPS) is 12.5. The van der Waals surface area contributed by atoms with Gasteiger partial charge in [0.2, 0.25) is 0 Å². The summed E-state index contributed by atoms with van der Waals surface area (Å²) >= 11 is 3.27. The van der Waals surface area contributed by atoms with Crippen LogP contribution in [-0.2, 0) is 6.54 Å². The van der Waals surface area contributed by atoms with Crippen molar-refractivity contribution in [2.45, 2.75) is 25.9 Å². The molecule has 1 atom stereocenters. The summed E-state index contributed by atoms with van der Waals surface area (Å²) < 4.78 is 13.8. The fourth-order valence-corrected chi connectivity index (χ4v) is 1.85. The molecule has 0 saturated carbocycles. The summed E-state index contributed by atoms with van der Waals surface area (Å²) in [5.74, 6) is -0.211. The number of hydrogen-bond donors (Lipinski definition) is 1. The third kappa shape index (κ3) is 4.58.